The van der Waals surface area contributed by atoms with Gasteiger partial charge in [-0.05, 0) is 63.8 Å². The van der Waals surface area contributed by atoms with E-state index in [4.69, 9.17) is 28.2 Å². The molecule has 11 nitrogen and oxygen atoms in total. The average Bonchev–Trinajstić information content (AvgIpc) is 3.81. The lowest BCUT2D eigenvalue weighted by atomic mass is 10.1. The maximum Gasteiger partial charge on any atom is 0.222 e. The Hall–Kier alpha value is -3.75. The van der Waals surface area contributed by atoms with Crippen LogP contribution in [0.5, 0.6) is 0 Å². The summed E-state index contributed by atoms with van der Waals surface area (Å²) in [5.41, 5.74) is 4.66. The number of fused-ring (bicyclic) bond motifs is 2. The van der Waals surface area contributed by atoms with E-state index in [2.05, 4.69) is 57.7 Å². The molecule has 5 heterocycles. The van der Waals surface area contributed by atoms with Gasteiger partial charge in [-0.2, -0.15) is 19.2 Å². The summed E-state index contributed by atoms with van der Waals surface area (Å²) in [6.45, 7) is 4.30. The van der Waals surface area contributed by atoms with Crippen molar-refractivity contribution < 1.29 is 9.90 Å². The summed E-state index contributed by atoms with van der Waals surface area (Å²) in [6.07, 6.45) is 5.94. The molecule has 0 spiro atoms. The Balaban J connectivity index is 0.000000174. The molecule has 0 aliphatic carbocycles. The standard InChI is InChI=1S/C19H19BrClN5O.C15H14BrClN4O/c20-14-12-23-26-17(22-8-4-10-25-9-3-7-18(25)27)11-16(24-19(14)26)13-5-1-2-6-15(13)21;1-9(8-22)19-14-6-13(10-4-2-3-5-12(10)17)20-15-11(16)7-18-21(14)15/h1-2,5-6,11-12,22H,3-4,7-10H2;2-7,9,19,22H,8H2,1H3. The van der Waals surface area contributed by atoms with Crippen LogP contribution < -0.4 is 10.6 Å². The first kappa shape index (κ1) is 35.1. The molecule has 4 aromatic heterocycles. The molecule has 1 aliphatic rings. The van der Waals surface area contributed by atoms with Crippen molar-refractivity contribution in [2.45, 2.75) is 32.2 Å². The highest BCUT2D eigenvalue weighted by molar-refractivity contribution is 9.11. The number of aliphatic hydroxyl groups is 1. The van der Waals surface area contributed by atoms with Crippen molar-refractivity contribution in [3.05, 3.63) is 92.0 Å². The predicted octanol–water partition coefficient (Wildman–Crippen LogP) is 7.84. The van der Waals surface area contributed by atoms with Crippen molar-refractivity contribution in [2.24, 2.45) is 0 Å². The molecule has 1 fully saturated rings. The molecule has 0 bridgehead atoms. The minimum absolute atomic E-state index is 0.0215. The molecule has 1 atom stereocenters. The van der Waals surface area contributed by atoms with E-state index in [-0.39, 0.29) is 18.6 Å². The van der Waals surface area contributed by atoms with Crippen LogP contribution in [-0.4, -0.2) is 77.4 Å². The maximum atomic E-state index is 11.7. The first-order valence-electron chi connectivity index (χ1n) is 15.7. The van der Waals surface area contributed by atoms with Gasteiger partial charge in [0, 0.05) is 65.4 Å². The first-order valence-corrected chi connectivity index (χ1v) is 18.0. The number of anilines is 2. The highest BCUT2D eigenvalue weighted by atomic mass is 79.9. The Morgan fingerprint density at radius 2 is 1.43 bits per heavy atom. The number of aromatic nitrogens is 6. The lowest BCUT2D eigenvalue weighted by molar-refractivity contribution is -0.127. The zero-order valence-corrected chi connectivity index (χ0v) is 31.1. The molecule has 1 amide bonds. The fourth-order valence-electron chi connectivity index (χ4n) is 5.44. The van der Waals surface area contributed by atoms with E-state index in [0.717, 1.165) is 81.2 Å². The van der Waals surface area contributed by atoms with Crippen molar-refractivity contribution in [3.63, 3.8) is 0 Å². The highest BCUT2D eigenvalue weighted by Crippen LogP contribution is 2.32. The van der Waals surface area contributed by atoms with Gasteiger partial charge in [-0.15, -0.1) is 0 Å². The smallest absolute Gasteiger partial charge is 0.222 e. The third-order valence-corrected chi connectivity index (χ3v) is 9.69. The Labute approximate surface area is 309 Å². The van der Waals surface area contributed by atoms with Crippen molar-refractivity contribution in [1.29, 1.82) is 0 Å². The van der Waals surface area contributed by atoms with E-state index in [1.54, 1.807) is 21.4 Å². The number of nitrogens with zero attached hydrogens (tertiary/aromatic N) is 7. The molecular formula is C34H33Br2Cl2N9O2. The van der Waals surface area contributed by atoms with Crippen LogP contribution in [0.4, 0.5) is 11.6 Å². The van der Waals surface area contributed by atoms with Crippen LogP contribution in [0.1, 0.15) is 26.2 Å². The minimum Gasteiger partial charge on any atom is -0.394 e. The second kappa shape index (κ2) is 15.9. The SMILES string of the molecule is CC(CO)Nc1cc(-c2ccccc2Cl)nc2c(Br)cnn12.O=C1CCCN1CCCNc1cc(-c2ccccc2Cl)nc2c(Br)cnn12. The summed E-state index contributed by atoms with van der Waals surface area (Å²) < 4.78 is 5.07. The summed E-state index contributed by atoms with van der Waals surface area (Å²) >= 11 is 19.6. The van der Waals surface area contributed by atoms with Gasteiger partial charge in [0.2, 0.25) is 5.91 Å². The van der Waals surface area contributed by atoms with E-state index < -0.39 is 0 Å². The lowest BCUT2D eigenvalue weighted by Gasteiger charge is -2.16. The van der Waals surface area contributed by atoms with E-state index >= 15 is 0 Å². The van der Waals surface area contributed by atoms with Crippen LogP contribution in [0, 0.1) is 0 Å². The molecule has 1 unspecified atom stereocenters. The van der Waals surface area contributed by atoms with Gasteiger partial charge in [-0.25, -0.2) is 9.97 Å². The number of hydrogen-bond donors (Lipinski definition) is 3. The number of aliphatic hydroxyl groups excluding tert-OH is 1. The molecule has 49 heavy (non-hydrogen) atoms. The maximum absolute atomic E-state index is 11.7. The van der Waals surface area contributed by atoms with Crippen molar-refractivity contribution in [3.8, 4) is 22.5 Å². The molecule has 1 aliphatic heterocycles. The highest BCUT2D eigenvalue weighted by Gasteiger charge is 2.19. The Bertz CT molecular complexity index is 2110. The third kappa shape index (κ3) is 8.02. The second-order valence-electron chi connectivity index (χ2n) is 11.5. The number of hydrogen-bond acceptors (Lipinski definition) is 8. The van der Waals surface area contributed by atoms with Crippen LogP contribution in [0.2, 0.25) is 10.0 Å². The van der Waals surface area contributed by atoms with Gasteiger partial charge in [-0.1, -0.05) is 59.6 Å². The number of carbonyl (C=O) groups is 1. The Kier molecular flexibility index (Phi) is 11.4. The third-order valence-electron chi connectivity index (χ3n) is 7.91. The lowest BCUT2D eigenvalue weighted by Crippen LogP contribution is -2.27. The zero-order valence-electron chi connectivity index (χ0n) is 26.5. The van der Waals surface area contributed by atoms with Gasteiger partial charge >= 0.3 is 0 Å². The number of rotatable bonds is 10. The number of likely N-dealkylation sites (tertiary alicyclic amines) is 1. The van der Waals surface area contributed by atoms with Crippen molar-refractivity contribution in [2.75, 3.05) is 36.9 Å². The molecule has 0 saturated carbocycles. The van der Waals surface area contributed by atoms with E-state index in [1.165, 1.54) is 0 Å². The molecule has 2 aromatic carbocycles. The molecule has 15 heteroatoms. The zero-order chi connectivity index (χ0) is 34.5. The summed E-state index contributed by atoms with van der Waals surface area (Å²) in [4.78, 5) is 23.0. The monoisotopic (exact) mass is 827 g/mol. The average molecular weight is 830 g/mol. The summed E-state index contributed by atoms with van der Waals surface area (Å²) in [6, 6.07) is 18.9. The number of carbonyl (C=O) groups excluding carboxylic acids is 1. The summed E-state index contributed by atoms with van der Waals surface area (Å²) in [5.74, 6) is 1.85. The number of benzene rings is 2. The van der Waals surface area contributed by atoms with Crippen molar-refractivity contribution in [1.82, 2.24) is 34.1 Å². The van der Waals surface area contributed by atoms with Crippen LogP contribution >= 0.6 is 55.1 Å². The molecule has 7 rings (SSSR count). The van der Waals surface area contributed by atoms with Gasteiger partial charge in [0.05, 0.1) is 39.3 Å². The van der Waals surface area contributed by atoms with Gasteiger partial charge in [0.1, 0.15) is 11.6 Å². The fraction of sp³-hybridized carbons (Fsp3) is 0.265. The molecule has 1 saturated heterocycles. The predicted molar refractivity (Wildman–Crippen MR) is 201 cm³/mol. The molecule has 3 N–H and O–H groups in total. The Morgan fingerprint density at radius 1 is 0.878 bits per heavy atom. The van der Waals surface area contributed by atoms with Crippen LogP contribution in [0.3, 0.4) is 0 Å². The largest absolute Gasteiger partial charge is 0.394 e. The first-order chi connectivity index (χ1) is 23.7. The normalized spacial score (nSPS) is 13.5. The van der Waals surface area contributed by atoms with E-state index in [0.29, 0.717) is 22.1 Å². The number of amides is 1. The number of nitrogens with one attached hydrogen (secondary N) is 2. The summed E-state index contributed by atoms with van der Waals surface area (Å²) in [5, 5.41) is 25.9. The van der Waals surface area contributed by atoms with Crippen molar-refractivity contribution >= 4 is 83.9 Å². The van der Waals surface area contributed by atoms with Crippen LogP contribution in [-0.2, 0) is 4.79 Å². The van der Waals surface area contributed by atoms with E-state index in [9.17, 15) is 9.90 Å². The summed E-state index contributed by atoms with van der Waals surface area (Å²) in [7, 11) is 0. The van der Waals surface area contributed by atoms with E-state index in [1.807, 2.05) is 72.5 Å². The minimum atomic E-state index is -0.104. The van der Waals surface area contributed by atoms with Gasteiger partial charge in [-0.3, -0.25) is 4.79 Å². The topological polar surface area (TPSA) is 125 Å². The molecule has 6 aromatic rings. The van der Waals surface area contributed by atoms with Gasteiger partial charge in [0.25, 0.3) is 0 Å². The molecular weight excluding hydrogens is 797 g/mol. The second-order valence-corrected chi connectivity index (χ2v) is 14.0. The van der Waals surface area contributed by atoms with Crippen LogP contribution in [0.15, 0.2) is 82.0 Å². The van der Waals surface area contributed by atoms with Gasteiger partial charge < -0.3 is 20.6 Å². The number of halogens is 4. The van der Waals surface area contributed by atoms with Crippen LogP contribution in [0.25, 0.3) is 33.8 Å². The van der Waals surface area contributed by atoms with Gasteiger partial charge in [0.15, 0.2) is 11.3 Å². The Morgan fingerprint density at radius 3 is 1.96 bits per heavy atom. The quantitative estimate of drug-likeness (QED) is 0.119. The molecule has 254 valence electrons. The fourth-order valence-corrected chi connectivity index (χ4v) is 6.60. The molecule has 0 radical (unpaired) electrons.